The van der Waals surface area contributed by atoms with Crippen LogP contribution in [-0.2, 0) is 6.18 Å². The molecule has 0 atom stereocenters. The van der Waals surface area contributed by atoms with E-state index in [4.69, 9.17) is 0 Å². The van der Waals surface area contributed by atoms with Crippen LogP contribution in [0.2, 0.25) is 0 Å². The number of aromatic nitrogens is 4. The van der Waals surface area contributed by atoms with E-state index in [9.17, 15) is 13.2 Å². The molecule has 0 aliphatic heterocycles. The Hall–Kier alpha value is -3.29. The Morgan fingerprint density at radius 1 is 0.920 bits per heavy atom. The van der Waals surface area contributed by atoms with Crippen LogP contribution in [0, 0.1) is 0 Å². The van der Waals surface area contributed by atoms with Gasteiger partial charge in [-0.25, -0.2) is 0 Å². The van der Waals surface area contributed by atoms with Crippen LogP contribution >= 0.6 is 0 Å². The molecule has 0 N–H and O–H groups in total. The number of hydrogen-bond acceptors (Lipinski definition) is 5. The number of fused-ring (bicyclic) bond motifs is 1. The van der Waals surface area contributed by atoms with Gasteiger partial charge in [0.25, 0.3) is 0 Å². The maximum absolute atomic E-state index is 12.6. The summed E-state index contributed by atoms with van der Waals surface area (Å²) in [5.41, 5.74) is 1.49. The number of benzene rings is 1. The van der Waals surface area contributed by atoms with Crippen LogP contribution in [0.25, 0.3) is 33.5 Å². The fourth-order valence-electron chi connectivity index (χ4n) is 2.48. The molecule has 5 nitrogen and oxygen atoms in total. The Labute approximate surface area is 139 Å². The summed E-state index contributed by atoms with van der Waals surface area (Å²) < 4.78 is 42.1. The van der Waals surface area contributed by atoms with Crippen molar-refractivity contribution in [2.45, 2.75) is 6.18 Å². The van der Waals surface area contributed by atoms with Crippen molar-refractivity contribution in [2.75, 3.05) is 0 Å². The first-order chi connectivity index (χ1) is 12.0. The minimum Gasteiger partial charge on any atom is -0.329 e. The molecule has 8 heteroatoms. The number of halogens is 3. The molecule has 0 amide bonds. The van der Waals surface area contributed by atoms with E-state index in [1.54, 1.807) is 12.3 Å². The van der Waals surface area contributed by atoms with Gasteiger partial charge in [-0.05, 0) is 23.6 Å². The van der Waals surface area contributed by atoms with Gasteiger partial charge in [0.1, 0.15) is 0 Å². The minimum atomic E-state index is -4.68. The van der Waals surface area contributed by atoms with Gasteiger partial charge >= 0.3 is 12.1 Å². The number of rotatable bonds is 2. The summed E-state index contributed by atoms with van der Waals surface area (Å²) >= 11 is 0. The fourth-order valence-corrected chi connectivity index (χ4v) is 2.48. The minimum absolute atomic E-state index is 0.156. The van der Waals surface area contributed by atoms with Gasteiger partial charge in [0.15, 0.2) is 0 Å². The molecule has 0 aliphatic carbocycles. The van der Waals surface area contributed by atoms with Crippen LogP contribution in [0.1, 0.15) is 5.89 Å². The van der Waals surface area contributed by atoms with E-state index in [1.165, 1.54) is 12.3 Å². The smallest absolute Gasteiger partial charge is 0.329 e. The number of pyridine rings is 2. The Kier molecular flexibility index (Phi) is 3.45. The van der Waals surface area contributed by atoms with Crippen LogP contribution in [0.3, 0.4) is 0 Å². The second-order valence-corrected chi connectivity index (χ2v) is 5.23. The van der Waals surface area contributed by atoms with Crippen molar-refractivity contribution in [3.05, 3.63) is 60.7 Å². The Morgan fingerprint density at radius 2 is 1.72 bits per heavy atom. The first kappa shape index (κ1) is 15.3. The molecule has 0 saturated carbocycles. The first-order valence-corrected chi connectivity index (χ1v) is 7.24. The molecule has 0 unspecified atom stereocenters. The zero-order valence-corrected chi connectivity index (χ0v) is 12.5. The van der Waals surface area contributed by atoms with E-state index in [-0.39, 0.29) is 5.82 Å². The number of hydrogen-bond donors (Lipinski definition) is 0. The summed E-state index contributed by atoms with van der Waals surface area (Å²) in [6.45, 7) is 0. The maximum atomic E-state index is 12.6. The van der Waals surface area contributed by atoms with Gasteiger partial charge in [-0.2, -0.15) is 18.2 Å². The van der Waals surface area contributed by atoms with Crippen molar-refractivity contribution in [2.24, 2.45) is 0 Å². The third-order valence-electron chi connectivity index (χ3n) is 3.60. The standard InChI is InChI=1S/C17H9F3N4O/c18-17(19,20)16-23-15(24-25-16)11-6-7-21-13(9-11)14-12-4-2-1-3-10(12)5-8-22-14/h1-9H. The third kappa shape index (κ3) is 2.82. The summed E-state index contributed by atoms with van der Waals surface area (Å²) in [5, 5.41) is 5.27. The molecule has 0 bridgehead atoms. The van der Waals surface area contributed by atoms with E-state index in [1.807, 2.05) is 30.3 Å². The zero-order valence-electron chi connectivity index (χ0n) is 12.5. The monoisotopic (exact) mass is 342 g/mol. The highest BCUT2D eigenvalue weighted by atomic mass is 19.4. The summed E-state index contributed by atoms with van der Waals surface area (Å²) in [6, 6.07) is 12.6. The van der Waals surface area contributed by atoms with Gasteiger partial charge in [0, 0.05) is 23.3 Å². The summed E-state index contributed by atoms with van der Waals surface area (Å²) in [7, 11) is 0. The molecule has 0 saturated heterocycles. The molecule has 25 heavy (non-hydrogen) atoms. The zero-order chi connectivity index (χ0) is 17.4. The molecule has 3 aromatic heterocycles. The SMILES string of the molecule is FC(F)(F)c1nc(-c2ccnc(-c3nccc4ccccc34)c2)no1. The Balaban J connectivity index is 1.81. The van der Waals surface area contributed by atoms with Crippen LogP contribution in [0.5, 0.6) is 0 Å². The van der Waals surface area contributed by atoms with Gasteiger partial charge in [-0.1, -0.05) is 29.4 Å². The van der Waals surface area contributed by atoms with Crippen molar-refractivity contribution in [1.82, 2.24) is 20.1 Å². The molecule has 124 valence electrons. The number of nitrogens with zero attached hydrogens (tertiary/aromatic N) is 4. The maximum Gasteiger partial charge on any atom is 0.471 e. The summed E-state index contributed by atoms with van der Waals surface area (Å²) in [5.74, 6) is -1.54. The molecule has 0 fully saturated rings. The van der Waals surface area contributed by atoms with Gasteiger partial charge < -0.3 is 4.52 Å². The fraction of sp³-hybridized carbons (Fsp3) is 0.0588. The van der Waals surface area contributed by atoms with Gasteiger partial charge in [-0.3, -0.25) is 9.97 Å². The van der Waals surface area contributed by atoms with Crippen molar-refractivity contribution in [3.63, 3.8) is 0 Å². The highest BCUT2D eigenvalue weighted by Crippen LogP contribution is 2.31. The molecule has 0 radical (unpaired) electrons. The van der Waals surface area contributed by atoms with E-state index < -0.39 is 12.1 Å². The predicted molar refractivity (Wildman–Crippen MR) is 83.3 cm³/mol. The highest BCUT2D eigenvalue weighted by Gasteiger charge is 2.38. The van der Waals surface area contributed by atoms with Crippen molar-refractivity contribution >= 4 is 10.8 Å². The largest absolute Gasteiger partial charge is 0.471 e. The number of alkyl halides is 3. The lowest BCUT2D eigenvalue weighted by molar-refractivity contribution is -0.159. The molecule has 4 aromatic rings. The molecular weight excluding hydrogens is 333 g/mol. The van der Waals surface area contributed by atoms with E-state index >= 15 is 0 Å². The van der Waals surface area contributed by atoms with Crippen molar-refractivity contribution < 1.29 is 17.7 Å². The van der Waals surface area contributed by atoms with Gasteiger partial charge in [-0.15, -0.1) is 0 Å². The molecule has 3 heterocycles. The van der Waals surface area contributed by atoms with Crippen molar-refractivity contribution in [3.8, 4) is 22.8 Å². The lowest BCUT2D eigenvalue weighted by atomic mass is 10.1. The average Bonchev–Trinajstić information content (AvgIpc) is 3.12. The lowest BCUT2D eigenvalue weighted by Gasteiger charge is -2.05. The van der Waals surface area contributed by atoms with Crippen LogP contribution < -0.4 is 0 Å². The van der Waals surface area contributed by atoms with E-state index in [0.29, 0.717) is 17.0 Å². The average molecular weight is 342 g/mol. The molecule has 1 aromatic carbocycles. The van der Waals surface area contributed by atoms with E-state index in [2.05, 4.69) is 24.6 Å². The first-order valence-electron chi connectivity index (χ1n) is 7.24. The summed E-state index contributed by atoms with van der Waals surface area (Å²) in [4.78, 5) is 12.0. The second-order valence-electron chi connectivity index (χ2n) is 5.23. The Bertz CT molecular complexity index is 1050. The van der Waals surface area contributed by atoms with Crippen LogP contribution in [-0.4, -0.2) is 20.1 Å². The van der Waals surface area contributed by atoms with E-state index in [0.717, 1.165) is 10.8 Å². The van der Waals surface area contributed by atoms with Gasteiger partial charge in [0.05, 0.1) is 11.4 Å². The Morgan fingerprint density at radius 3 is 2.52 bits per heavy atom. The second kappa shape index (κ2) is 5.66. The molecular formula is C17H9F3N4O. The quantitative estimate of drug-likeness (QED) is 0.541. The molecule has 0 aliphatic rings. The lowest BCUT2D eigenvalue weighted by Crippen LogP contribution is -2.04. The topological polar surface area (TPSA) is 64.7 Å². The third-order valence-corrected chi connectivity index (χ3v) is 3.60. The summed E-state index contributed by atoms with van der Waals surface area (Å²) in [6.07, 6.45) is -1.56. The highest BCUT2D eigenvalue weighted by molar-refractivity contribution is 5.93. The normalized spacial score (nSPS) is 11.8. The predicted octanol–water partition coefficient (Wildman–Crippen LogP) is 4.37. The van der Waals surface area contributed by atoms with Crippen molar-refractivity contribution in [1.29, 1.82) is 0 Å². The van der Waals surface area contributed by atoms with Gasteiger partial charge in [0.2, 0.25) is 5.82 Å². The van der Waals surface area contributed by atoms with Crippen LogP contribution in [0.15, 0.2) is 59.4 Å². The molecule has 4 rings (SSSR count). The molecule has 0 spiro atoms. The van der Waals surface area contributed by atoms with Crippen LogP contribution in [0.4, 0.5) is 13.2 Å².